The molecule has 1 fully saturated rings. The molecule has 1 saturated carbocycles. The summed E-state index contributed by atoms with van der Waals surface area (Å²) in [4.78, 5) is 8.28. The van der Waals surface area contributed by atoms with Crippen molar-refractivity contribution in [3.8, 4) is 0 Å². The third-order valence-corrected chi connectivity index (χ3v) is 4.09. The zero-order valence-corrected chi connectivity index (χ0v) is 11.3. The second kappa shape index (κ2) is 5.67. The first kappa shape index (κ1) is 12.6. The molecule has 1 aliphatic carbocycles. The van der Waals surface area contributed by atoms with E-state index in [9.17, 15) is 0 Å². The van der Waals surface area contributed by atoms with Crippen LogP contribution in [0.15, 0.2) is 6.33 Å². The average Bonchev–Trinajstić information content (AvgIpc) is 2.51. The van der Waals surface area contributed by atoms with Crippen LogP contribution in [0.1, 0.15) is 44.6 Å². The van der Waals surface area contributed by atoms with Crippen molar-refractivity contribution in [3.63, 3.8) is 0 Å². The first-order valence-electron chi connectivity index (χ1n) is 6.42. The third kappa shape index (κ3) is 3.09. The highest BCUT2D eigenvalue weighted by atomic mass is 35.5. The van der Waals surface area contributed by atoms with Gasteiger partial charge < -0.3 is 5.32 Å². The number of hydrogen-bond acceptors (Lipinski definition) is 3. The van der Waals surface area contributed by atoms with Crippen molar-refractivity contribution in [2.24, 2.45) is 5.92 Å². The number of aromatic nitrogens is 2. The fourth-order valence-corrected chi connectivity index (χ4v) is 2.59. The van der Waals surface area contributed by atoms with E-state index in [0.717, 1.165) is 11.4 Å². The maximum Gasteiger partial charge on any atom is 0.137 e. The van der Waals surface area contributed by atoms with Crippen LogP contribution in [0.2, 0.25) is 5.15 Å². The minimum Gasteiger partial charge on any atom is -0.367 e. The van der Waals surface area contributed by atoms with Crippen LogP contribution < -0.4 is 5.32 Å². The van der Waals surface area contributed by atoms with Crippen molar-refractivity contribution < 1.29 is 0 Å². The minimum absolute atomic E-state index is 0.516. The predicted molar refractivity (Wildman–Crippen MR) is 71.4 cm³/mol. The van der Waals surface area contributed by atoms with Crippen molar-refractivity contribution in [2.75, 3.05) is 5.32 Å². The Hall–Kier alpha value is -0.830. The van der Waals surface area contributed by atoms with Gasteiger partial charge in [0, 0.05) is 11.6 Å². The Balaban J connectivity index is 2.10. The average molecular weight is 254 g/mol. The van der Waals surface area contributed by atoms with Crippen molar-refractivity contribution >= 4 is 17.4 Å². The van der Waals surface area contributed by atoms with Crippen molar-refractivity contribution in [3.05, 3.63) is 17.0 Å². The van der Waals surface area contributed by atoms with Crippen LogP contribution in [0.5, 0.6) is 0 Å². The molecule has 1 aromatic heterocycles. The lowest BCUT2D eigenvalue weighted by Crippen LogP contribution is -2.27. The van der Waals surface area contributed by atoms with Gasteiger partial charge in [-0.15, -0.1) is 0 Å². The standard InChI is InChI=1S/C13H20ClN3/c1-9-6-4-3-5-7-11(9)17-13-10(2)12(14)15-8-16-13/h8-9,11H,3-7H2,1-2H3,(H,15,16,17). The molecule has 2 atom stereocenters. The minimum atomic E-state index is 0.516. The summed E-state index contributed by atoms with van der Waals surface area (Å²) in [6.45, 7) is 4.28. The van der Waals surface area contributed by atoms with E-state index < -0.39 is 0 Å². The molecule has 0 spiro atoms. The normalized spacial score (nSPS) is 25.4. The number of nitrogens with one attached hydrogen (secondary N) is 1. The molecule has 1 aliphatic rings. The number of rotatable bonds is 2. The SMILES string of the molecule is Cc1c(Cl)ncnc1NC1CCCCCC1C. The Morgan fingerprint density at radius 3 is 2.82 bits per heavy atom. The van der Waals surface area contributed by atoms with Crippen LogP contribution in [0.4, 0.5) is 5.82 Å². The van der Waals surface area contributed by atoms with Gasteiger partial charge in [-0.25, -0.2) is 9.97 Å². The molecule has 0 radical (unpaired) electrons. The van der Waals surface area contributed by atoms with E-state index in [0.29, 0.717) is 17.1 Å². The second-order valence-corrected chi connectivity index (χ2v) is 5.36. The molecule has 0 bridgehead atoms. The second-order valence-electron chi connectivity index (χ2n) is 5.00. The Bertz CT molecular complexity index is 381. The molecule has 4 heteroatoms. The van der Waals surface area contributed by atoms with Gasteiger partial charge in [-0.05, 0) is 25.7 Å². The lowest BCUT2D eigenvalue weighted by Gasteiger charge is -2.24. The van der Waals surface area contributed by atoms with E-state index in [1.807, 2.05) is 6.92 Å². The smallest absolute Gasteiger partial charge is 0.137 e. The number of hydrogen-bond donors (Lipinski definition) is 1. The molecule has 1 heterocycles. The topological polar surface area (TPSA) is 37.8 Å². The van der Waals surface area contributed by atoms with E-state index >= 15 is 0 Å². The zero-order chi connectivity index (χ0) is 12.3. The van der Waals surface area contributed by atoms with Crippen LogP contribution in [-0.4, -0.2) is 16.0 Å². The largest absolute Gasteiger partial charge is 0.367 e. The quantitative estimate of drug-likeness (QED) is 0.643. The first-order chi connectivity index (χ1) is 8.18. The third-order valence-electron chi connectivity index (χ3n) is 3.71. The monoisotopic (exact) mass is 253 g/mol. The molecular formula is C13H20ClN3. The molecule has 2 unspecified atom stereocenters. The van der Waals surface area contributed by atoms with Crippen LogP contribution in [0, 0.1) is 12.8 Å². The zero-order valence-electron chi connectivity index (χ0n) is 10.5. The molecule has 94 valence electrons. The van der Waals surface area contributed by atoms with Crippen LogP contribution >= 0.6 is 11.6 Å². The summed E-state index contributed by atoms with van der Waals surface area (Å²) >= 11 is 6.01. The van der Waals surface area contributed by atoms with E-state index in [4.69, 9.17) is 11.6 Å². The first-order valence-corrected chi connectivity index (χ1v) is 6.80. The maximum absolute atomic E-state index is 6.01. The molecular weight excluding hydrogens is 234 g/mol. The molecule has 0 aliphatic heterocycles. The fraction of sp³-hybridized carbons (Fsp3) is 0.692. The van der Waals surface area contributed by atoms with Gasteiger partial charge in [-0.1, -0.05) is 37.8 Å². The Morgan fingerprint density at radius 2 is 2.00 bits per heavy atom. The summed E-state index contributed by atoms with van der Waals surface area (Å²) in [5.74, 6) is 1.59. The Labute approximate surface area is 108 Å². The van der Waals surface area contributed by atoms with Crippen LogP contribution in [0.3, 0.4) is 0 Å². The number of anilines is 1. The number of halogens is 1. The summed E-state index contributed by atoms with van der Waals surface area (Å²) in [7, 11) is 0. The molecule has 17 heavy (non-hydrogen) atoms. The summed E-state index contributed by atoms with van der Waals surface area (Å²) in [5, 5.41) is 4.09. The lowest BCUT2D eigenvalue weighted by atomic mass is 9.97. The highest BCUT2D eigenvalue weighted by Crippen LogP contribution is 2.27. The van der Waals surface area contributed by atoms with Crippen molar-refractivity contribution in [1.29, 1.82) is 0 Å². The van der Waals surface area contributed by atoms with E-state index in [2.05, 4.69) is 22.2 Å². The van der Waals surface area contributed by atoms with E-state index in [1.165, 1.54) is 38.4 Å². The molecule has 0 aromatic carbocycles. The summed E-state index contributed by atoms with van der Waals surface area (Å²) in [5.41, 5.74) is 0.950. The fourth-order valence-electron chi connectivity index (χ4n) is 2.46. The maximum atomic E-state index is 6.01. The highest BCUT2D eigenvalue weighted by Gasteiger charge is 2.20. The van der Waals surface area contributed by atoms with Gasteiger partial charge >= 0.3 is 0 Å². The van der Waals surface area contributed by atoms with Crippen LogP contribution in [-0.2, 0) is 0 Å². The van der Waals surface area contributed by atoms with E-state index in [-0.39, 0.29) is 0 Å². The van der Waals surface area contributed by atoms with Gasteiger partial charge in [0.1, 0.15) is 17.3 Å². The van der Waals surface area contributed by atoms with Gasteiger partial charge in [-0.3, -0.25) is 0 Å². The molecule has 2 rings (SSSR count). The predicted octanol–water partition coefficient (Wildman–Crippen LogP) is 3.82. The van der Waals surface area contributed by atoms with Gasteiger partial charge in [0.15, 0.2) is 0 Å². The molecule has 1 N–H and O–H groups in total. The Morgan fingerprint density at radius 1 is 1.24 bits per heavy atom. The Kier molecular flexibility index (Phi) is 4.21. The highest BCUT2D eigenvalue weighted by molar-refractivity contribution is 6.30. The summed E-state index contributed by atoms with van der Waals surface area (Å²) < 4.78 is 0. The van der Waals surface area contributed by atoms with Gasteiger partial charge in [0.05, 0.1) is 0 Å². The summed E-state index contributed by atoms with van der Waals surface area (Å²) in [6, 6.07) is 0.516. The van der Waals surface area contributed by atoms with Crippen LogP contribution in [0.25, 0.3) is 0 Å². The molecule has 0 saturated heterocycles. The van der Waals surface area contributed by atoms with Crippen molar-refractivity contribution in [1.82, 2.24) is 9.97 Å². The summed E-state index contributed by atoms with van der Waals surface area (Å²) in [6.07, 6.45) is 8.06. The molecule has 1 aromatic rings. The van der Waals surface area contributed by atoms with Crippen molar-refractivity contribution in [2.45, 2.75) is 52.0 Å². The number of nitrogens with zero attached hydrogens (tertiary/aromatic N) is 2. The van der Waals surface area contributed by atoms with Gasteiger partial charge in [0.2, 0.25) is 0 Å². The lowest BCUT2D eigenvalue weighted by molar-refractivity contribution is 0.455. The van der Waals surface area contributed by atoms with Gasteiger partial charge in [0.25, 0.3) is 0 Å². The molecule has 0 amide bonds. The van der Waals surface area contributed by atoms with Gasteiger partial charge in [-0.2, -0.15) is 0 Å². The van der Waals surface area contributed by atoms with E-state index in [1.54, 1.807) is 0 Å². The molecule has 3 nitrogen and oxygen atoms in total.